The molecule has 90 valence electrons. The molecule has 2 aromatic heterocycles. The number of rotatable bonds is 4. The second-order valence-electron chi connectivity index (χ2n) is 4.02. The zero-order valence-electron chi connectivity index (χ0n) is 9.90. The Bertz CT molecular complexity index is 478. The molecule has 0 spiro atoms. The third-order valence-corrected chi connectivity index (χ3v) is 3.40. The van der Waals surface area contributed by atoms with E-state index in [1.54, 1.807) is 6.26 Å². The van der Waals surface area contributed by atoms with Gasteiger partial charge in [-0.1, -0.05) is 6.07 Å². The van der Waals surface area contributed by atoms with Gasteiger partial charge in [0.25, 0.3) is 0 Å². The van der Waals surface area contributed by atoms with Crippen LogP contribution in [0.3, 0.4) is 0 Å². The molecule has 0 amide bonds. The van der Waals surface area contributed by atoms with Crippen molar-refractivity contribution < 1.29 is 4.42 Å². The Morgan fingerprint density at radius 2 is 2.24 bits per heavy atom. The van der Waals surface area contributed by atoms with E-state index in [9.17, 15) is 0 Å². The zero-order chi connectivity index (χ0) is 12.3. The Labute approximate surface area is 109 Å². The molecule has 0 aliphatic rings. The van der Waals surface area contributed by atoms with Crippen LogP contribution in [-0.4, -0.2) is 12.0 Å². The topological polar surface area (TPSA) is 38.1 Å². The molecule has 2 rings (SSSR count). The predicted octanol–water partition coefficient (Wildman–Crippen LogP) is 3.25. The highest BCUT2D eigenvalue weighted by Gasteiger charge is 2.15. The Hall–Kier alpha value is -1.13. The first kappa shape index (κ1) is 12.3. The lowest BCUT2D eigenvalue weighted by molar-refractivity contribution is 0.516. The molecule has 0 aliphatic carbocycles. The van der Waals surface area contributed by atoms with Crippen LogP contribution in [0.15, 0.2) is 39.7 Å². The quantitative estimate of drug-likeness (QED) is 0.941. The second-order valence-corrected chi connectivity index (χ2v) is 4.74. The lowest BCUT2D eigenvalue weighted by Crippen LogP contribution is -2.19. The van der Waals surface area contributed by atoms with Crippen LogP contribution < -0.4 is 5.32 Å². The predicted molar refractivity (Wildman–Crippen MR) is 70.9 cm³/mol. The largest absolute Gasteiger partial charge is 0.457 e. The summed E-state index contributed by atoms with van der Waals surface area (Å²) in [5.41, 5.74) is 3.37. The smallest absolute Gasteiger partial charge is 0.173 e. The normalized spacial score (nSPS) is 12.6. The van der Waals surface area contributed by atoms with E-state index >= 15 is 0 Å². The van der Waals surface area contributed by atoms with Crippen LogP contribution in [0.1, 0.15) is 22.9 Å². The number of hydrogen-bond donors (Lipinski definition) is 1. The van der Waals surface area contributed by atoms with Crippen LogP contribution in [0.4, 0.5) is 0 Å². The first-order valence-electron chi connectivity index (χ1n) is 5.52. The molecule has 1 atom stereocenters. The molecule has 2 aromatic rings. The minimum atomic E-state index is 0.207. The molecule has 2 heterocycles. The number of hydrogen-bond acceptors (Lipinski definition) is 3. The van der Waals surface area contributed by atoms with Gasteiger partial charge in [-0.15, -0.1) is 0 Å². The molecule has 1 unspecified atom stereocenters. The van der Waals surface area contributed by atoms with Crippen LogP contribution in [-0.2, 0) is 6.42 Å². The third kappa shape index (κ3) is 2.96. The maximum atomic E-state index is 5.26. The van der Waals surface area contributed by atoms with E-state index in [1.165, 1.54) is 5.56 Å². The van der Waals surface area contributed by atoms with Gasteiger partial charge in [0.15, 0.2) is 4.67 Å². The molecule has 0 radical (unpaired) electrons. The summed E-state index contributed by atoms with van der Waals surface area (Å²) in [5.74, 6) is 0. The molecular formula is C13H15BrN2O. The van der Waals surface area contributed by atoms with Crippen molar-refractivity contribution in [2.45, 2.75) is 19.4 Å². The minimum Gasteiger partial charge on any atom is -0.457 e. The van der Waals surface area contributed by atoms with Crippen LogP contribution in [0.2, 0.25) is 0 Å². The lowest BCUT2D eigenvalue weighted by atomic mass is 10.0. The van der Waals surface area contributed by atoms with Crippen molar-refractivity contribution >= 4 is 15.9 Å². The van der Waals surface area contributed by atoms with E-state index in [2.05, 4.69) is 38.4 Å². The van der Waals surface area contributed by atoms with Crippen LogP contribution in [0.25, 0.3) is 0 Å². The molecule has 0 aromatic carbocycles. The first-order valence-corrected chi connectivity index (χ1v) is 6.31. The van der Waals surface area contributed by atoms with Crippen LogP contribution >= 0.6 is 15.9 Å². The Kier molecular flexibility index (Phi) is 3.97. The highest BCUT2D eigenvalue weighted by molar-refractivity contribution is 9.10. The molecule has 1 N–H and O–H groups in total. The number of aryl methyl sites for hydroxylation is 1. The number of aromatic nitrogens is 1. The zero-order valence-corrected chi connectivity index (χ0v) is 11.5. The Morgan fingerprint density at radius 3 is 2.76 bits per heavy atom. The van der Waals surface area contributed by atoms with Crippen molar-refractivity contribution in [1.82, 2.24) is 10.3 Å². The van der Waals surface area contributed by atoms with Gasteiger partial charge in [-0.3, -0.25) is 4.98 Å². The average molecular weight is 295 g/mol. The fraction of sp³-hybridized carbons (Fsp3) is 0.308. The summed E-state index contributed by atoms with van der Waals surface area (Å²) < 4.78 is 6.04. The molecule has 0 fully saturated rings. The number of pyridine rings is 1. The highest BCUT2D eigenvalue weighted by Crippen LogP contribution is 2.26. The van der Waals surface area contributed by atoms with Gasteiger partial charge >= 0.3 is 0 Å². The van der Waals surface area contributed by atoms with E-state index in [1.807, 2.05) is 26.2 Å². The number of nitrogens with zero attached hydrogens (tertiary/aromatic N) is 1. The lowest BCUT2D eigenvalue weighted by Gasteiger charge is -2.14. The van der Waals surface area contributed by atoms with Gasteiger partial charge in [0.05, 0.1) is 6.26 Å². The number of furan rings is 1. The summed E-state index contributed by atoms with van der Waals surface area (Å²) in [6.45, 7) is 2.04. The highest BCUT2D eigenvalue weighted by atomic mass is 79.9. The molecule has 0 saturated heterocycles. The van der Waals surface area contributed by atoms with E-state index in [0.717, 1.165) is 22.3 Å². The Balaban J connectivity index is 2.16. The molecule has 0 saturated carbocycles. The van der Waals surface area contributed by atoms with Crippen molar-refractivity contribution in [3.63, 3.8) is 0 Å². The standard InChI is InChI=1S/C13H15BrN2O/c1-9-3-4-10(16-8-9)7-12(15-2)11-5-6-17-13(11)14/h3-6,8,12,15H,7H2,1-2H3. The van der Waals surface area contributed by atoms with E-state index in [-0.39, 0.29) is 6.04 Å². The first-order chi connectivity index (χ1) is 8.20. The van der Waals surface area contributed by atoms with Gasteiger partial charge in [0.1, 0.15) is 0 Å². The molecule has 3 nitrogen and oxygen atoms in total. The van der Waals surface area contributed by atoms with Gasteiger partial charge in [-0.25, -0.2) is 0 Å². The van der Waals surface area contributed by atoms with Crippen molar-refractivity contribution in [2.24, 2.45) is 0 Å². The minimum absolute atomic E-state index is 0.207. The van der Waals surface area contributed by atoms with E-state index < -0.39 is 0 Å². The number of nitrogens with one attached hydrogen (secondary N) is 1. The van der Waals surface area contributed by atoms with Gasteiger partial charge < -0.3 is 9.73 Å². The summed E-state index contributed by atoms with van der Waals surface area (Å²) in [4.78, 5) is 4.42. The SMILES string of the molecule is CNC(Cc1ccc(C)cn1)c1ccoc1Br. The molecule has 17 heavy (non-hydrogen) atoms. The maximum Gasteiger partial charge on any atom is 0.173 e. The summed E-state index contributed by atoms with van der Waals surface area (Å²) in [5, 5.41) is 3.28. The molecule has 0 bridgehead atoms. The van der Waals surface area contributed by atoms with Crippen molar-refractivity contribution in [3.8, 4) is 0 Å². The summed E-state index contributed by atoms with van der Waals surface area (Å²) in [6.07, 6.45) is 4.42. The maximum absolute atomic E-state index is 5.26. The number of likely N-dealkylation sites (N-methyl/N-ethyl adjacent to an activating group) is 1. The van der Waals surface area contributed by atoms with Crippen LogP contribution in [0.5, 0.6) is 0 Å². The number of halogens is 1. The summed E-state index contributed by atoms with van der Waals surface area (Å²) in [7, 11) is 1.94. The molecule has 4 heteroatoms. The fourth-order valence-electron chi connectivity index (χ4n) is 1.75. The third-order valence-electron chi connectivity index (χ3n) is 2.76. The van der Waals surface area contributed by atoms with Crippen molar-refractivity contribution in [1.29, 1.82) is 0 Å². The van der Waals surface area contributed by atoms with Gasteiger partial charge in [-0.2, -0.15) is 0 Å². The average Bonchev–Trinajstić information content (AvgIpc) is 2.75. The summed E-state index contributed by atoms with van der Waals surface area (Å²) >= 11 is 3.41. The van der Waals surface area contributed by atoms with Gasteiger partial charge in [0, 0.05) is 29.9 Å². The van der Waals surface area contributed by atoms with Crippen molar-refractivity contribution in [2.75, 3.05) is 7.05 Å². The van der Waals surface area contributed by atoms with Gasteiger partial charge in [0.2, 0.25) is 0 Å². The Morgan fingerprint density at radius 1 is 1.41 bits per heavy atom. The van der Waals surface area contributed by atoms with E-state index in [0.29, 0.717) is 0 Å². The molecular weight excluding hydrogens is 280 g/mol. The van der Waals surface area contributed by atoms with Crippen molar-refractivity contribution in [3.05, 3.63) is 52.1 Å². The second kappa shape index (κ2) is 5.47. The summed E-state index contributed by atoms with van der Waals surface area (Å²) in [6, 6.07) is 6.32. The van der Waals surface area contributed by atoms with E-state index in [4.69, 9.17) is 4.42 Å². The van der Waals surface area contributed by atoms with Crippen LogP contribution in [0, 0.1) is 6.92 Å². The van der Waals surface area contributed by atoms with Gasteiger partial charge in [-0.05, 0) is 47.6 Å². The molecule has 0 aliphatic heterocycles. The fourth-order valence-corrected chi connectivity index (χ4v) is 2.27. The monoisotopic (exact) mass is 294 g/mol.